The molecule has 0 aromatic heterocycles. The third kappa shape index (κ3) is 38.3. The molecule has 3 unspecified atom stereocenters. The summed E-state index contributed by atoms with van der Waals surface area (Å²) in [5, 5.41) is 69.4. The Balaban J connectivity index is -0.000000247. The van der Waals surface area contributed by atoms with Gasteiger partial charge in [0.05, 0.1) is 34.5 Å². The van der Waals surface area contributed by atoms with Gasteiger partial charge in [-0.3, -0.25) is 9.59 Å². The van der Waals surface area contributed by atoms with Crippen molar-refractivity contribution in [3.8, 4) is 0 Å². The van der Waals surface area contributed by atoms with Crippen molar-refractivity contribution in [2.45, 2.75) is 124 Å². The Morgan fingerprint density at radius 1 is 0.646 bits per heavy atom. The Hall–Kier alpha value is -3.84. The first kappa shape index (κ1) is 51.0. The molecule has 0 fully saturated rings. The van der Waals surface area contributed by atoms with Gasteiger partial charge in [-0.05, 0) is 70.2 Å². The molecule has 0 radical (unpaired) electrons. The first-order valence-corrected chi connectivity index (χ1v) is 15.8. The van der Waals surface area contributed by atoms with E-state index in [4.69, 9.17) is 25.5 Å². The predicted molar refractivity (Wildman–Crippen MR) is 186 cm³/mol. The summed E-state index contributed by atoms with van der Waals surface area (Å²) in [6.45, 7) is 16.1. The number of hydrogen-bond donors (Lipinski definition) is 8. The Bertz CT molecular complexity index is 1030. The van der Waals surface area contributed by atoms with Crippen LogP contribution in [0.4, 0.5) is 0 Å². The molecular weight excluding hydrogens is 624 g/mol. The van der Waals surface area contributed by atoms with E-state index in [0.29, 0.717) is 30.4 Å². The number of aromatic carboxylic acids is 2. The highest BCUT2D eigenvalue weighted by Gasteiger charge is 2.26. The molecule has 3 atom stereocenters. The minimum atomic E-state index is -0.879. The maximum atomic E-state index is 10.2. The van der Waals surface area contributed by atoms with Crippen molar-refractivity contribution in [1.29, 1.82) is 0 Å². The SMILES string of the molecule is CCC(=O)O.CCC(=O)O.CCC(C)(O)CC(C)(C)O.CCC(O)CC(O)C(C)C.O=C(O)c1ccccc1.O=C(O)c1ccccc1. The normalized spacial score (nSPS) is 12.4. The van der Waals surface area contributed by atoms with Gasteiger partial charge in [-0.25, -0.2) is 9.59 Å². The van der Waals surface area contributed by atoms with Gasteiger partial charge in [0, 0.05) is 19.3 Å². The van der Waals surface area contributed by atoms with Gasteiger partial charge in [-0.1, -0.05) is 77.9 Å². The zero-order valence-corrected chi connectivity index (χ0v) is 30.0. The molecule has 2 rings (SSSR count). The molecule has 12 nitrogen and oxygen atoms in total. The van der Waals surface area contributed by atoms with E-state index < -0.39 is 35.1 Å². The summed E-state index contributed by atoms with van der Waals surface area (Å²) in [6.07, 6.45) is 2.10. The monoisotopic (exact) mass is 684 g/mol. The average Bonchev–Trinajstić information content (AvgIpc) is 3.02. The van der Waals surface area contributed by atoms with E-state index in [2.05, 4.69) is 0 Å². The Labute approximate surface area is 285 Å². The van der Waals surface area contributed by atoms with Crippen molar-refractivity contribution < 1.29 is 60.0 Å². The second-order valence-corrected chi connectivity index (χ2v) is 11.8. The maximum absolute atomic E-state index is 10.2. The van der Waals surface area contributed by atoms with Crippen molar-refractivity contribution >= 4 is 23.9 Å². The molecular formula is C36H60O12. The van der Waals surface area contributed by atoms with Crippen molar-refractivity contribution in [2.24, 2.45) is 5.92 Å². The highest BCUT2D eigenvalue weighted by atomic mass is 16.4. The van der Waals surface area contributed by atoms with Gasteiger partial charge in [-0.15, -0.1) is 0 Å². The highest BCUT2D eigenvalue weighted by molar-refractivity contribution is 5.87. The Morgan fingerprint density at radius 3 is 1.10 bits per heavy atom. The molecule has 0 aliphatic heterocycles. The van der Waals surface area contributed by atoms with E-state index in [-0.39, 0.29) is 31.0 Å². The number of rotatable bonds is 11. The van der Waals surface area contributed by atoms with Crippen LogP contribution in [-0.2, 0) is 9.59 Å². The van der Waals surface area contributed by atoms with Gasteiger partial charge in [-0.2, -0.15) is 0 Å². The summed E-state index contributed by atoms with van der Waals surface area (Å²) in [6, 6.07) is 16.6. The fourth-order valence-corrected chi connectivity index (χ4v) is 2.94. The van der Waals surface area contributed by atoms with Crippen LogP contribution in [0, 0.1) is 5.92 Å². The number of aliphatic carboxylic acids is 2. The van der Waals surface area contributed by atoms with Gasteiger partial charge >= 0.3 is 23.9 Å². The quantitative estimate of drug-likeness (QED) is 0.132. The Kier molecular flexibility index (Phi) is 31.1. The summed E-state index contributed by atoms with van der Waals surface area (Å²) in [7, 11) is 0. The maximum Gasteiger partial charge on any atom is 0.335 e. The minimum Gasteiger partial charge on any atom is -0.481 e. The molecule has 0 bridgehead atoms. The van der Waals surface area contributed by atoms with Crippen LogP contribution in [0.5, 0.6) is 0 Å². The standard InChI is InChI=1S/2C8H18O2.2C7H6O2.2C3H6O2/c1-5-8(4,10)6-7(2,3)9;1-4-7(9)5-8(10)6(2)3;2*8-7(9)6-4-2-1-3-5-6;2*1-2-3(4)5/h9-10H,5-6H2,1-4H3;6-10H,4-5H2,1-3H3;2*1-5H,(H,8,9);2*2H2,1H3,(H,4,5). The molecule has 276 valence electrons. The summed E-state index contributed by atoms with van der Waals surface area (Å²) in [4.78, 5) is 39.1. The van der Waals surface area contributed by atoms with Crippen molar-refractivity contribution in [1.82, 2.24) is 0 Å². The van der Waals surface area contributed by atoms with Crippen LogP contribution in [0.1, 0.15) is 122 Å². The largest absolute Gasteiger partial charge is 0.481 e. The number of aliphatic hydroxyl groups excluding tert-OH is 2. The molecule has 2 aromatic rings. The lowest BCUT2D eigenvalue weighted by atomic mass is 9.89. The van der Waals surface area contributed by atoms with Gasteiger partial charge in [0.25, 0.3) is 0 Å². The lowest BCUT2D eigenvalue weighted by Gasteiger charge is -2.28. The first-order valence-electron chi connectivity index (χ1n) is 15.8. The molecule has 0 heterocycles. The van der Waals surface area contributed by atoms with E-state index >= 15 is 0 Å². The molecule has 0 aliphatic carbocycles. The summed E-state index contributed by atoms with van der Waals surface area (Å²) in [5.74, 6) is -3.00. The molecule has 0 aliphatic rings. The first-order chi connectivity index (χ1) is 22.0. The molecule has 0 spiro atoms. The van der Waals surface area contributed by atoms with Crippen LogP contribution in [-0.4, -0.2) is 88.1 Å². The number of aliphatic hydroxyl groups is 4. The lowest BCUT2D eigenvalue weighted by molar-refractivity contribution is -0.137. The molecule has 48 heavy (non-hydrogen) atoms. The number of carboxylic acid groups (broad SMARTS) is 4. The summed E-state index contributed by atoms with van der Waals surface area (Å²) < 4.78 is 0. The Morgan fingerprint density at radius 2 is 0.958 bits per heavy atom. The zero-order chi connectivity index (χ0) is 38.5. The lowest BCUT2D eigenvalue weighted by Crippen LogP contribution is -2.34. The van der Waals surface area contributed by atoms with E-state index in [1.54, 1.807) is 95.3 Å². The topological polar surface area (TPSA) is 230 Å². The number of hydrogen-bond acceptors (Lipinski definition) is 8. The fraction of sp³-hybridized carbons (Fsp3) is 0.556. The predicted octanol–water partition coefficient (Wildman–Crippen LogP) is 6.20. The average molecular weight is 685 g/mol. The number of carboxylic acids is 4. The second-order valence-electron chi connectivity index (χ2n) is 11.8. The van der Waals surface area contributed by atoms with E-state index in [1.165, 1.54) is 0 Å². The highest BCUT2D eigenvalue weighted by Crippen LogP contribution is 2.22. The van der Waals surface area contributed by atoms with Crippen molar-refractivity contribution in [2.75, 3.05) is 0 Å². The van der Waals surface area contributed by atoms with Crippen molar-refractivity contribution in [3.05, 3.63) is 71.8 Å². The third-order valence-electron chi connectivity index (χ3n) is 5.98. The van der Waals surface area contributed by atoms with Gasteiger partial charge in [0.2, 0.25) is 0 Å². The van der Waals surface area contributed by atoms with Crippen LogP contribution >= 0.6 is 0 Å². The van der Waals surface area contributed by atoms with Crippen LogP contribution in [0.15, 0.2) is 60.7 Å². The second kappa shape index (κ2) is 29.3. The van der Waals surface area contributed by atoms with Gasteiger partial charge < -0.3 is 40.9 Å². The summed E-state index contributed by atoms with van der Waals surface area (Å²) in [5.41, 5.74) is -0.826. The van der Waals surface area contributed by atoms with E-state index in [1.807, 2.05) is 27.7 Å². The van der Waals surface area contributed by atoms with Crippen LogP contribution < -0.4 is 0 Å². The molecule has 8 N–H and O–H groups in total. The van der Waals surface area contributed by atoms with E-state index in [0.717, 1.165) is 6.42 Å². The van der Waals surface area contributed by atoms with Crippen LogP contribution in [0.2, 0.25) is 0 Å². The molecule has 2 aromatic carbocycles. The molecule has 0 saturated heterocycles. The molecule has 0 saturated carbocycles. The number of carbonyl (C=O) groups is 4. The van der Waals surface area contributed by atoms with Crippen LogP contribution in [0.3, 0.4) is 0 Å². The fourth-order valence-electron chi connectivity index (χ4n) is 2.94. The zero-order valence-electron chi connectivity index (χ0n) is 30.0. The van der Waals surface area contributed by atoms with Gasteiger partial charge in [0.15, 0.2) is 0 Å². The summed E-state index contributed by atoms with van der Waals surface area (Å²) >= 11 is 0. The number of benzene rings is 2. The van der Waals surface area contributed by atoms with E-state index in [9.17, 15) is 34.5 Å². The third-order valence-corrected chi connectivity index (χ3v) is 5.98. The smallest absolute Gasteiger partial charge is 0.335 e. The molecule has 12 heteroatoms. The van der Waals surface area contributed by atoms with Crippen molar-refractivity contribution in [3.63, 3.8) is 0 Å². The van der Waals surface area contributed by atoms with Gasteiger partial charge in [0.1, 0.15) is 0 Å². The minimum absolute atomic E-state index is 0.222. The van der Waals surface area contributed by atoms with Crippen LogP contribution in [0.25, 0.3) is 0 Å². The molecule has 0 amide bonds.